The van der Waals surface area contributed by atoms with Crippen molar-refractivity contribution in [1.82, 2.24) is 5.32 Å². The number of para-hydroxylation sites is 2. The van der Waals surface area contributed by atoms with Crippen LogP contribution in [-0.4, -0.2) is 39.4 Å². The predicted molar refractivity (Wildman–Crippen MR) is 109 cm³/mol. The second-order valence-corrected chi connectivity index (χ2v) is 5.70. The van der Waals surface area contributed by atoms with Crippen molar-refractivity contribution in [2.75, 3.05) is 33.5 Å². The molecule has 6 heteroatoms. The number of rotatable bonds is 11. The van der Waals surface area contributed by atoms with E-state index in [-0.39, 0.29) is 5.91 Å². The molecule has 0 heterocycles. The van der Waals surface area contributed by atoms with Gasteiger partial charge in [0.1, 0.15) is 6.61 Å². The molecule has 0 saturated heterocycles. The van der Waals surface area contributed by atoms with Gasteiger partial charge >= 0.3 is 0 Å². The number of carbonyl (C=O) groups excluding carboxylic acids is 1. The first-order valence-electron chi connectivity index (χ1n) is 9.29. The van der Waals surface area contributed by atoms with Crippen LogP contribution in [0.3, 0.4) is 0 Å². The number of nitrogens with one attached hydrogen (secondary N) is 1. The molecular formula is C22H27NO5. The number of hydrogen-bond donors (Lipinski definition) is 1. The van der Waals surface area contributed by atoms with Gasteiger partial charge < -0.3 is 24.3 Å². The quantitative estimate of drug-likeness (QED) is 0.472. The zero-order valence-electron chi connectivity index (χ0n) is 16.6. The second-order valence-electron chi connectivity index (χ2n) is 5.70. The normalized spacial score (nSPS) is 10.5. The molecule has 0 aromatic heterocycles. The summed E-state index contributed by atoms with van der Waals surface area (Å²) < 4.78 is 22.0. The maximum atomic E-state index is 12.0. The van der Waals surface area contributed by atoms with E-state index in [1.54, 1.807) is 13.2 Å². The van der Waals surface area contributed by atoms with Crippen LogP contribution in [0, 0.1) is 0 Å². The first-order valence-corrected chi connectivity index (χ1v) is 9.29. The van der Waals surface area contributed by atoms with E-state index >= 15 is 0 Å². The van der Waals surface area contributed by atoms with Gasteiger partial charge in [0.05, 0.1) is 26.9 Å². The average molecular weight is 385 g/mol. The van der Waals surface area contributed by atoms with Crippen LogP contribution in [-0.2, 0) is 4.79 Å². The molecule has 1 amide bonds. The van der Waals surface area contributed by atoms with E-state index in [0.717, 1.165) is 5.56 Å². The van der Waals surface area contributed by atoms with Crippen molar-refractivity contribution >= 4 is 12.0 Å². The molecule has 0 radical (unpaired) electrons. The Hall–Kier alpha value is -3.15. The highest BCUT2D eigenvalue weighted by atomic mass is 16.5. The molecule has 0 unspecified atom stereocenters. The second kappa shape index (κ2) is 11.5. The molecule has 150 valence electrons. The molecule has 0 fully saturated rings. The van der Waals surface area contributed by atoms with Crippen LogP contribution in [0.4, 0.5) is 0 Å². The fourth-order valence-corrected chi connectivity index (χ4v) is 2.48. The lowest BCUT2D eigenvalue weighted by Crippen LogP contribution is -2.26. The van der Waals surface area contributed by atoms with Crippen molar-refractivity contribution < 1.29 is 23.7 Å². The van der Waals surface area contributed by atoms with Crippen molar-refractivity contribution in [3.8, 4) is 23.0 Å². The zero-order valence-corrected chi connectivity index (χ0v) is 16.6. The summed E-state index contributed by atoms with van der Waals surface area (Å²) in [6.07, 6.45) is 3.21. The van der Waals surface area contributed by atoms with Crippen LogP contribution in [0.5, 0.6) is 23.0 Å². The smallest absolute Gasteiger partial charge is 0.244 e. The minimum atomic E-state index is -0.199. The largest absolute Gasteiger partial charge is 0.493 e. The highest BCUT2D eigenvalue weighted by molar-refractivity contribution is 5.91. The van der Waals surface area contributed by atoms with Gasteiger partial charge in [-0.2, -0.15) is 0 Å². The van der Waals surface area contributed by atoms with Crippen molar-refractivity contribution in [2.24, 2.45) is 0 Å². The minimum Gasteiger partial charge on any atom is -0.493 e. The first kappa shape index (κ1) is 21.2. The highest BCUT2D eigenvalue weighted by Crippen LogP contribution is 2.29. The Kier molecular flexibility index (Phi) is 8.72. The molecule has 0 spiro atoms. The summed E-state index contributed by atoms with van der Waals surface area (Å²) in [4.78, 5) is 12.0. The molecular weight excluding hydrogens is 358 g/mol. The Balaban J connectivity index is 1.83. The van der Waals surface area contributed by atoms with Gasteiger partial charge in [0.2, 0.25) is 5.91 Å². The summed E-state index contributed by atoms with van der Waals surface area (Å²) in [5.74, 6) is 2.47. The zero-order chi connectivity index (χ0) is 20.2. The Bertz CT molecular complexity index is 788. The van der Waals surface area contributed by atoms with Crippen molar-refractivity contribution in [1.29, 1.82) is 0 Å². The van der Waals surface area contributed by atoms with Gasteiger partial charge in [0.25, 0.3) is 0 Å². The number of methoxy groups -OCH3 is 1. The molecule has 2 aromatic carbocycles. The standard InChI is InChI=1S/C22H27NO5/c1-4-26-20-12-10-17(16-21(20)27-5-2)11-13-22(24)23-14-15-28-19-9-7-6-8-18(19)25-3/h6-13,16H,4-5,14-15H2,1-3H3,(H,23,24)/b13-11+. The molecule has 0 saturated carbocycles. The van der Waals surface area contributed by atoms with Crippen molar-refractivity contribution in [3.63, 3.8) is 0 Å². The maximum absolute atomic E-state index is 12.0. The third kappa shape index (κ3) is 6.54. The van der Waals surface area contributed by atoms with Crippen LogP contribution < -0.4 is 24.3 Å². The predicted octanol–water partition coefficient (Wildman–Crippen LogP) is 3.70. The molecule has 1 N–H and O–H groups in total. The molecule has 6 nitrogen and oxygen atoms in total. The van der Waals surface area contributed by atoms with E-state index in [2.05, 4.69) is 5.32 Å². The molecule has 0 aliphatic carbocycles. The van der Waals surface area contributed by atoms with Crippen LogP contribution in [0.25, 0.3) is 6.08 Å². The lowest BCUT2D eigenvalue weighted by atomic mass is 10.2. The van der Waals surface area contributed by atoms with E-state index in [4.69, 9.17) is 18.9 Å². The van der Waals surface area contributed by atoms with Gasteiger partial charge in [-0.15, -0.1) is 0 Å². The van der Waals surface area contributed by atoms with Crippen LogP contribution in [0.2, 0.25) is 0 Å². The average Bonchev–Trinajstić information content (AvgIpc) is 2.72. The third-order valence-corrected chi connectivity index (χ3v) is 3.72. The van der Waals surface area contributed by atoms with Gasteiger partial charge in [-0.25, -0.2) is 0 Å². The Labute approximate surface area is 166 Å². The first-order chi connectivity index (χ1) is 13.7. The molecule has 2 aromatic rings. The van der Waals surface area contributed by atoms with Gasteiger partial charge in [-0.05, 0) is 49.8 Å². The topological polar surface area (TPSA) is 66.0 Å². The lowest BCUT2D eigenvalue weighted by molar-refractivity contribution is -0.116. The summed E-state index contributed by atoms with van der Waals surface area (Å²) in [6, 6.07) is 13.0. The molecule has 0 aliphatic heterocycles. The Morgan fingerprint density at radius 1 is 0.929 bits per heavy atom. The highest BCUT2D eigenvalue weighted by Gasteiger charge is 2.05. The summed E-state index contributed by atoms with van der Waals surface area (Å²) >= 11 is 0. The summed E-state index contributed by atoms with van der Waals surface area (Å²) in [7, 11) is 1.59. The van der Waals surface area contributed by atoms with E-state index in [0.29, 0.717) is 49.4 Å². The van der Waals surface area contributed by atoms with Crippen LogP contribution in [0.1, 0.15) is 19.4 Å². The van der Waals surface area contributed by atoms with Crippen molar-refractivity contribution in [3.05, 3.63) is 54.1 Å². The number of amides is 1. The lowest BCUT2D eigenvalue weighted by Gasteiger charge is -2.11. The number of benzene rings is 2. The van der Waals surface area contributed by atoms with E-state index < -0.39 is 0 Å². The Morgan fingerprint density at radius 2 is 1.61 bits per heavy atom. The monoisotopic (exact) mass is 385 g/mol. The van der Waals surface area contributed by atoms with Crippen LogP contribution >= 0.6 is 0 Å². The number of hydrogen-bond acceptors (Lipinski definition) is 5. The summed E-state index contributed by atoms with van der Waals surface area (Å²) in [6.45, 7) is 5.67. The Morgan fingerprint density at radius 3 is 2.32 bits per heavy atom. The molecule has 28 heavy (non-hydrogen) atoms. The van der Waals surface area contributed by atoms with Gasteiger partial charge in [-0.1, -0.05) is 18.2 Å². The fourth-order valence-electron chi connectivity index (χ4n) is 2.48. The van der Waals surface area contributed by atoms with Gasteiger partial charge in [0.15, 0.2) is 23.0 Å². The van der Waals surface area contributed by atoms with Gasteiger partial charge in [-0.3, -0.25) is 4.79 Å². The SMILES string of the molecule is CCOc1ccc(/C=C/C(=O)NCCOc2ccccc2OC)cc1OCC. The molecule has 2 rings (SSSR count). The van der Waals surface area contributed by atoms with E-state index in [1.165, 1.54) is 6.08 Å². The number of ether oxygens (including phenoxy) is 4. The maximum Gasteiger partial charge on any atom is 0.244 e. The minimum absolute atomic E-state index is 0.199. The summed E-state index contributed by atoms with van der Waals surface area (Å²) in [5.41, 5.74) is 0.854. The molecule has 0 atom stereocenters. The molecule has 0 aliphatic rings. The fraction of sp³-hybridized carbons (Fsp3) is 0.318. The number of carbonyl (C=O) groups is 1. The third-order valence-electron chi connectivity index (χ3n) is 3.72. The molecule has 0 bridgehead atoms. The van der Waals surface area contributed by atoms with Crippen molar-refractivity contribution in [2.45, 2.75) is 13.8 Å². The van der Waals surface area contributed by atoms with E-state index in [9.17, 15) is 4.79 Å². The van der Waals surface area contributed by atoms with E-state index in [1.807, 2.05) is 56.3 Å². The summed E-state index contributed by atoms with van der Waals surface area (Å²) in [5, 5.41) is 2.78. The van der Waals surface area contributed by atoms with Crippen LogP contribution in [0.15, 0.2) is 48.5 Å². The van der Waals surface area contributed by atoms with Gasteiger partial charge in [0, 0.05) is 6.08 Å².